The smallest absolute Gasteiger partial charge is 0.252 e. The third kappa shape index (κ3) is 4.58. The van der Waals surface area contributed by atoms with Gasteiger partial charge < -0.3 is 10.6 Å². The Balaban J connectivity index is 2.05. The topological polar surface area (TPSA) is 54.0 Å². The van der Waals surface area contributed by atoms with Crippen LogP contribution in [0.3, 0.4) is 0 Å². The molecular formula is C18H23N3O. The van der Waals surface area contributed by atoms with Gasteiger partial charge in [0.15, 0.2) is 0 Å². The zero-order valence-corrected chi connectivity index (χ0v) is 13.4. The highest BCUT2D eigenvalue weighted by Crippen LogP contribution is 2.17. The number of rotatable bonds is 6. The molecule has 1 aromatic carbocycles. The molecule has 0 atom stereocenters. The summed E-state index contributed by atoms with van der Waals surface area (Å²) >= 11 is 0. The molecule has 0 fully saturated rings. The van der Waals surface area contributed by atoms with Crippen LogP contribution in [0, 0.1) is 5.92 Å². The van der Waals surface area contributed by atoms with Crippen LogP contribution >= 0.6 is 0 Å². The Hall–Kier alpha value is -2.36. The van der Waals surface area contributed by atoms with Gasteiger partial charge in [0.25, 0.3) is 5.91 Å². The van der Waals surface area contributed by atoms with Crippen LogP contribution < -0.4 is 10.6 Å². The van der Waals surface area contributed by atoms with Crippen LogP contribution in [0.25, 0.3) is 0 Å². The lowest BCUT2D eigenvalue weighted by Crippen LogP contribution is -2.27. The maximum Gasteiger partial charge on any atom is 0.252 e. The highest BCUT2D eigenvalue weighted by atomic mass is 16.1. The minimum Gasteiger partial charge on any atom is -0.354 e. The highest BCUT2D eigenvalue weighted by molar-refractivity contribution is 5.94. The summed E-state index contributed by atoms with van der Waals surface area (Å²) < 4.78 is 0. The molecule has 4 nitrogen and oxygen atoms in total. The second kappa shape index (κ2) is 7.59. The van der Waals surface area contributed by atoms with Crippen LogP contribution in [-0.2, 0) is 6.42 Å². The van der Waals surface area contributed by atoms with Crippen molar-refractivity contribution in [1.29, 1.82) is 0 Å². The molecule has 22 heavy (non-hydrogen) atoms. The van der Waals surface area contributed by atoms with Gasteiger partial charge in [0, 0.05) is 18.4 Å². The van der Waals surface area contributed by atoms with E-state index in [4.69, 9.17) is 0 Å². The maximum atomic E-state index is 12.1. The fourth-order valence-corrected chi connectivity index (χ4v) is 2.02. The quantitative estimate of drug-likeness (QED) is 0.853. The summed E-state index contributed by atoms with van der Waals surface area (Å²) in [4.78, 5) is 16.2. The number of hydrogen-bond acceptors (Lipinski definition) is 3. The van der Waals surface area contributed by atoms with Crippen LogP contribution in [0.15, 0.2) is 42.7 Å². The minimum absolute atomic E-state index is 0.0915. The molecule has 0 saturated heterocycles. The van der Waals surface area contributed by atoms with Gasteiger partial charge in [-0.25, -0.2) is 0 Å². The number of hydrogen-bond donors (Lipinski definition) is 2. The largest absolute Gasteiger partial charge is 0.354 e. The molecular weight excluding hydrogens is 274 g/mol. The van der Waals surface area contributed by atoms with Gasteiger partial charge in [0.1, 0.15) is 0 Å². The fraction of sp³-hybridized carbons (Fsp3) is 0.333. The Bertz CT molecular complexity index is 620. The fourth-order valence-electron chi connectivity index (χ4n) is 2.02. The second-order valence-corrected chi connectivity index (χ2v) is 5.74. The lowest BCUT2D eigenvalue weighted by molar-refractivity contribution is 0.0948. The molecule has 4 heteroatoms. The number of amides is 1. The molecule has 2 N–H and O–H groups in total. The monoisotopic (exact) mass is 297 g/mol. The van der Waals surface area contributed by atoms with Gasteiger partial charge in [-0.3, -0.25) is 9.78 Å². The van der Waals surface area contributed by atoms with Crippen molar-refractivity contribution >= 4 is 17.3 Å². The van der Waals surface area contributed by atoms with Crippen LogP contribution in [0.4, 0.5) is 11.4 Å². The number of carbonyl (C=O) groups is 1. The standard InChI is InChI=1S/C18H23N3O/c1-4-14-5-7-16(8-6-14)21-17-9-15(11-19-12-17)18(22)20-10-13(2)3/h5-9,11-13,21H,4,10H2,1-3H3,(H,20,22). The Morgan fingerprint density at radius 2 is 1.86 bits per heavy atom. The number of nitrogens with one attached hydrogen (secondary N) is 2. The van der Waals surface area contributed by atoms with Crippen LogP contribution in [-0.4, -0.2) is 17.4 Å². The summed E-state index contributed by atoms with van der Waals surface area (Å²) in [6.45, 7) is 6.92. The van der Waals surface area contributed by atoms with Crippen molar-refractivity contribution in [3.63, 3.8) is 0 Å². The first kappa shape index (κ1) is 16.0. The van der Waals surface area contributed by atoms with E-state index in [-0.39, 0.29) is 5.91 Å². The molecule has 0 unspecified atom stereocenters. The summed E-state index contributed by atoms with van der Waals surface area (Å²) in [6.07, 6.45) is 4.32. The third-order valence-corrected chi connectivity index (χ3v) is 3.32. The molecule has 0 aliphatic heterocycles. The predicted octanol–water partition coefficient (Wildman–Crippen LogP) is 3.77. The van der Waals surface area contributed by atoms with Crippen molar-refractivity contribution in [2.24, 2.45) is 5.92 Å². The molecule has 0 bridgehead atoms. The van der Waals surface area contributed by atoms with Crippen molar-refractivity contribution < 1.29 is 4.79 Å². The second-order valence-electron chi connectivity index (χ2n) is 5.74. The average molecular weight is 297 g/mol. The molecule has 0 spiro atoms. The number of benzene rings is 1. The van der Waals surface area contributed by atoms with Gasteiger partial charge in [-0.1, -0.05) is 32.9 Å². The van der Waals surface area contributed by atoms with E-state index in [0.29, 0.717) is 18.0 Å². The first-order chi connectivity index (χ1) is 10.6. The Morgan fingerprint density at radius 1 is 1.14 bits per heavy atom. The minimum atomic E-state index is -0.0915. The first-order valence-corrected chi connectivity index (χ1v) is 7.67. The number of aryl methyl sites for hydroxylation is 1. The molecule has 0 aliphatic rings. The summed E-state index contributed by atoms with van der Waals surface area (Å²) in [5.74, 6) is 0.335. The zero-order chi connectivity index (χ0) is 15.9. The molecule has 1 aromatic heterocycles. The number of nitrogens with zero attached hydrogens (tertiary/aromatic N) is 1. The van der Waals surface area contributed by atoms with Crippen molar-refractivity contribution in [2.45, 2.75) is 27.2 Å². The van der Waals surface area contributed by atoms with Crippen LogP contribution in [0.2, 0.25) is 0 Å². The Kier molecular flexibility index (Phi) is 5.53. The van der Waals surface area contributed by atoms with E-state index in [1.54, 1.807) is 12.4 Å². The molecule has 1 amide bonds. The normalized spacial score (nSPS) is 10.5. The van der Waals surface area contributed by atoms with E-state index >= 15 is 0 Å². The maximum absolute atomic E-state index is 12.1. The van der Waals surface area contributed by atoms with E-state index in [1.165, 1.54) is 5.56 Å². The van der Waals surface area contributed by atoms with Crippen molar-refractivity contribution in [3.05, 3.63) is 53.9 Å². The molecule has 0 aliphatic carbocycles. The SMILES string of the molecule is CCc1ccc(Nc2cncc(C(=O)NCC(C)C)c2)cc1. The summed E-state index contributed by atoms with van der Waals surface area (Å²) in [5, 5.41) is 6.17. The van der Waals surface area contributed by atoms with E-state index in [1.807, 2.05) is 18.2 Å². The molecule has 0 radical (unpaired) electrons. The number of pyridine rings is 1. The lowest BCUT2D eigenvalue weighted by Gasteiger charge is -2.10. The summed E-state index contributed by atoms with van der Waals surface area (Å²) in [7, 11) is 0. The van der Waals surface area contributed by atoms with E-state index in [2.05, 4.69) is 48.5 Å². The molecule has 1 heterocycles. The van der Waals surface area contributed by atoms with Crippen LogP contribution in [0.5, 0.6) is 0 Å². The number of anilines is 2. The van der Waals surface area contributed by atoms with E-state index in [0.717, 1.165) is 17.8 Å². The highest BCUT2D eigenvalue weighted by Gasteiger charge is 2.07. The molecule has 0 saturated carbocycles. The van der Waals surface area contributed by atoms with Crippen LogP contribution in [0.1, 0.15) is 36.7 Å². The molecule has 116 valence electrons. The van der Waals surface area contributed by atoms with Gasteiger partial charge in [0.05, 0.1) is 17.4 Å². The summed E-state index contributed by atoms with van der Waals surface area (Å²) in [6, 6.07) is 10.1. The van der Waals surface area contributed by atoms with Crippen molar-refractivity contribution in [3.8, 4) is 0 Å². The predicted molar refractivity (Wildman–Crippen MR) is 90.5 cm³/mol. The van der Waals surface area contributed by atoms with Crippen molar-refractivity contribution in [2.75, 3.05) is 11.9 Å². The van der Waals surface area contributed by atoms with Crippen molar-refractivity contribution in [1.82, 2.24) is 10.3 Å². The Morgan fingerprint density at radius 3 is 2.50 bits per heavy atom. The van der Waals surface area contributed by atoms with Gasteiger partial charge >= 0.3 is 0 Å². The number of carbonyl (C=O) groups excluding carboxylic acids is 1. The zero-order valence-electron chi connectivity index (χ0n) is 13.4. The van der Waals surface area contributed by atoms with E-state index in [9.17, 15) is 4.79 Å². The van der Waals surface area contributed by atoms with Gasteiger partial charge in [0.2, 0.25) is 0 Å². The van der Waals surface area contributed by atoms with E-state index < -0.39 is 0 Å². The first-order valence-electron chi connectivity index (χ1n) is 7.67. The summed E-state index contributed by atoms with van der Waals surface area (Å²) in [5.41, 5.74) is 3.65. The third-order valence-electron chi connectivity index (χ3n) is 3.32. The average Bonchev–Trinajstić information content (AvgIpc) is 2.53. The lowest BCUT2D eigenvalue weighted by atomic mass is 10.1. The molecule has 2 rings (SSSR count). The van der Waals surface area contributed by atoms with Gasteiger partial charge in [-0.05, 0) is 36.1 Å². The molecule has 2 aromatic rings. The Labute approximate surface area is 132 Å². The van der Waals surface area contributed by atoms with Gasteiger partial charge in [-0.15, -0.1) is 0 Å². The van der Waals surface area contributed by atoms with Gasteiger partial charge in [-0.2, -0.15) is 0 Å². The number of aromatic nitrogens is 1.